The van der Waals surface area contributed by atoms with E-state index < -0.39 is 97.5 Å². The number of carbonyl (C=O) groups is 4. The fraction of sp³-hybridized carbons (Fsp3) is 0.949. The number of unbranched alkanes of at least 4 members (excludes halogenated alkanes) is 39. The van der Waals surface area contributed by atoms with Crippen molar-refractivity contribution in [1.29, 1.82) is 0 Å². The lowest BCUT2D eigenvalue weighted by Crippen LogP contribution is -2.30. The van der Waals surface area contributed by atoms with Crippen LogP contribution in [0.1, 0.15) is 396 Å². The second-order valence-corrected chi connectivity index (χ2v) is 32.4. The zero-order valence-corrected chi connectivity index (χ0v) is 65.5. The van der Waals surface area contributed by atoms with Crippen molar-refractivity contribution in [3.8, 4) is 0 Å². The first-order valence-electron chi connectivity index (χ1n) is 40.3. The highest BCUT2D eigenvalue weighted by atomic mass is 31.2. The van der Waals surface area contributed by atoms with Gasteiger partial charge in [-0.15, -0.1) is 0 Å². The molecule has 19 heteroatoms. The van der Waals surface area contributed by atoms with Gasteiger partial charge in [0.2, 0.25) is 0 Å². The molecule has 17 nitrogen and oxygen atoms in total. The molecule has 0 bridgehead atoms. The third kappa shape index (κ3) is 69.5. The standard InChI is InChI=1S/C78H152O17P2/c1-9-70(7)56-48-40-32-26-22-18-15-16-20-24-28-34-45-53-60-77(82)94-73(64-88-75(80)58-50-42-35-29-31-39-47-55-69(5)6)66-92-96(84,85)90-62-72(79)63-91-97(86,87)93-67-74(65-89-76(81)59-51-43-37-36-41-49-57-71(8)10-2)95-78(83)61-52-44-33-27-23-19-14-12-11-13-17-21-25-30-38-46-54-68(3)4/h68-74,79H,9-67H2,1-8H3,(H,84,85)(H,86,87)/t70?,71?,72-,73-,74-/m1/s1. The van der Waals surface area contributed by atoms with Crippen LogP contribution >= 0.6 is 15.6 Å². The molecule has 0 aromatic rings. The molecule has 0 spiro atoms. The molecule has 0 rings (SSSR count). The number of carbonyl (C=O) groups excluding carboxylic acids is 4. The van der Waals surface area contributed by atoms with Gasteiger partial charge in [0.1, 0.15) is 19.3 Å². The molecule has 0 saturated carbocycles. The van der Waals surface area contributed by atoms with Gasteiger partial charge >= 0.3 is 39.5 Å². The van der Waals surface area contributed by atoms with Gasteiger partial charge in [0.05, 0.1) is 26.4 Å². The van der Waals surface area contributed by atoms with Crippen molar-refractivity contribution in [3.05, 3.63) is 0 Å². The molecule has 7 atom stereocenters. The Hall–Kier alpha value is -1.94. The number of aliphatic hydroxyl groups excluding tert-OH is 1. The largest absolute Gasteiger partial charge is 0.472 e. The Labute approximate surface area is 594 Å². The number of rotatable bonds is 75. The van der Waals surface area contributed by atoms with E-state index in [0.717, 1.165) is 120 Å². The van der Waals surface area contributed by atoms with Crippen LogP contribution in [0.5, 0.6) is 0 Å². The zero-order valence-electron chi connectivity index (χ0n) is 63.7. The quantitative estimate of drug-likeness (QED) is 0.0222. The molecule has 0 aromatic heterocycles. The van der Waals surface area contributed by atoms with E-state index in [2.05, 4.69) is 55.4 Å². The summed E-state index contributed by atoms with van der Waals surface area (Å²) in [5.74, 6) is 0.970. The van der Waals surface area contributed by atoms with Crippen LogP contribution in [-0.4, -0.2) is 96.7 Å². The topological polar surface area (TPSA) is 237 Å². The van der Waals surface area contributed by atoms with E-state index in [-0.39, 0.29) is 25.7 Å². The Kier molecular flexibility index (Phi) is 65.9. The Balaban J connectivity index is 5.20. The number of esters is 4. The summed E-state index contributed by atoms with van der Waals surface area (Å²) in [5.41, 5.74) is 0. The maximum Gasteiger partial charge on any atom is 0.472 e. The summed E-state index contributed by atoms with van der Waals surface area (Å²) >= 11 is 0. The maximum atomic E-state index is 13.1. The molecule has 0 fully saturated rings. The van der Waals surface area contributed by atoms with Crippen molar-refractivity contribution >= 4 is 39.5 Å². The average molecular weight is 1420 g/mol. The normalized spacial score (nSPS) is 14.6. The molecular weight excluding hydrogens is 1270 g/mol. The lowest BCUT2D eigenvalue weighted by atomic mass is 9.99. The van der Waals surface area contributed by atoms with Crippen LogP contribution in [0.3, 0.4) is 0 Å². The van der Waals surface area contributed by atoms with E-state index in [1.165, 1.54) is 186 Å². The zero-order chi connectivity index (χ0) is 71.7. The fourth-order valence-corrected chi connectivity index (χ4v) is 13.4. The summed E-state index contributed by atoms with van der Waals surface area (Å²) in [6.07, 6.45) is 52.8. The molecule has 0 aromatic carbocycles. The van der Waals surface area contributed by atoms with Gasteiger partial charge in [0.25, 0.3) is 0 Å². The van der Waals surface area contributed by atoms with E-state index in [1.807, 2.05) is 0 Å². The molecule has 0 amide bonds. The van der Waals surface area contributed by atoms with E-state index in [9.17, 15) is 43.2 Å². The smallest absolute Gasteiger partial charge is 0.462 e. The second-order valence-electron chi connectivity index (χ2n) is 29.5. The molecule has 0 radical (unpaired) electrons. The number of hydrogen-bond donors (Lipinski definition) is 3. The van der Waals surface area contributed by atoms with Crippen molar-refractivity contribution in [2.24, 2.45) is 23.7 Å². The second kappa shape index (κ2) is 67.2. The van der Waals surface area contributed by atoms with Gasteiger partial charge in [-0.2, -0.15) is 0 Å². The number of hydrogen-bond acceptors (Lipinski definition) is 15. The molecule has 3 N–H and O–H groups in total. The van der Waals surface area contributed by atoms with Crippen LogP contribution in [0, 0.1) is 23.7 Å². The Bertz CT molecular complexity index is 1910. The lowest BCUT2D eigenvalue weighted by Gasteiger charge is -2.21. The van der Waals surface area contributed by atoms with Crippen LogP contribution in [0.2, 0.25) is 0 Å². The van der Waals surface area contributed by atoms with Crippen molar-refractivity contribution in [2.75, 3.05) is 39.6 Å². The summed E-state index contributed by atoms with van der Waals surface area (Å²) in [4.78, 5) is 72.8. The van der Waals surface area contributed by atoms with E-state index in [4.69, 9.17) is 37.0 Å². The van der Waals surface area contributed by atoms with Gasteiger partial charge in [-0.25, -0.2) is 9.13 Å². The van der Waals surface area contributed by atoms with Crippen molar-refractivity contribution in [3.63, 3.8) is 0 Å². The number of phosphoric acid groups is 2. The van der Waals surface area contributed by atoms with Gasteiger partial charge in [0.15, 0.2) is 12.2 Å². The van der Waals surface area contributed by atoms with Crippen LogP contribution in [0.15, 0.2) is 0 Å². The Morgan fingerprint density at radius 2 is 0.495 bits per heavy atom. The highest BCUT2D eigenvalue weighted by molar-refractivity contribution is 7.47. The third-order valence-electron chi connectivity index (χ3n) is 18.8. The van der Waals surface area contributed by atoms with Crippen molar-refractivity contribution in [2.45, 2.75) is 414 Å². The van der Waals surface area contributed by atoms with E-state index >= 15 is 0 Å². The number of phosphoric ester groups is 2. The molecule has 0 saturated heterocycles. The van der Waals surface area contributed by atoms with Gasteiger partial charge in [-0.3, -0.25) is 37.3 Å². The molecule has 0 aliphatic rings. The first kappa shape index (κ1) is 95.1. The minimum atomic E-state index is -4.96. The van der Waals surface area contributed by atoms with Crippen LogP contribution in [-0.2, 0) is 65.4 Å². The predicted molar refractivity (Wildman–Crippen MR) is 395 cm³/mol. The predicted octanol–water partition coefficient (Wildman–Crippen LogP) is 22.8. The van der Waals surface area contributed by atoms with Crippen molar-refractivity contribution in [1.82, 2.24) is 0 Å². The molecule has 4 unspecified atom stereocenters. The number of ether oxygens (including phenoxy) is 4. The minimum Gasteiger partial charge on any atom is -0.462 e. The molecule has 0 aliphatic carbocycles. The minimum absolute atomic E-state index is 0.106. The van der Waals surface area contributed by atoms with Gasteiger partial charge in [0, 0.05) is 25.7 Å². The molecule has 97 heavy (non-hydrogen) atoms. The fourth-order valence-electron chi connectivity index (χ4n) is 11.8. The lowest BCUT2D eigenvalue weighted by molar-refractivity contribution is -0.161. The van der Waals surface area contributed by atoms with Gasteiger partial charge < -0.3 is 33.8 Å². The first-order valence-corrected chi connectivity index (χ1v) is 43.3. The highest BCUT2D eigenvalue weighted by Crippen LogP contribution is 2.45. The third-order valence-corrected chi connectivity index (χ3v) is 20.7. The Morgan fingerprint density at radius 3 is 0.732 bits per heavy atom. The van der Waals surface area contributed by atoms with Gasteiger partial charge in [-0.05, 0) is 49.4 Å². The monoisotopic (exact) mass is 1420 g/mol. The molecular formula is C78H152O17P2. The van der Waals surface area contributed by atoms with Crippen LogP contribution < -0.4 is 0 Å². The summed E-state index contributed by atoms with van der Waals surface area (Å²) in [5, 5.41) is 10.6. The molecule has 0 aliphatic heterocycles. The van der Waals surface area contributed by atoms with E-state index in [1.54, 1.807) is 0 Å². The SMILES string of the molecule is CCC(C)CCCCCCCCCCCCCCCCC(=O)O[C@H](COC(=O)CCCCCCCCCC(C)C)COP(=O)(O)OC[C@@H](O)COP(=O)(O)OC[C@@H](COC(=O)CCCCCCCCC(C)CC)OC(=O)CCCCCCCCCCCCCCCCCCC(C)C. The van der Waals surface area contributed by atoms with Crippen LogP contribution in [0.25, 0.3) is 0 Å². The van der Waals surface area contributed by atoms with Crippen LogP contribution in [0.4, 0.5) is 0 Å². The summed E-state index contributed by atoms with van der Waals surface area (Å²) in [6, 6.07) is 0. The summed E-state index contributed by atoms with van der Waals surface area (Å²) in [7, 11) is -9.92. The summed E-state index contributed by atoms with van der Waals surface area (Å²) in [6.45, 7) is 14.2. The highest BCUT2D eigenvalue weighted by Gasteiger charge is 2.30. The molecule has 0 heterocycles. The first-order chi connectivity index (χ1) is 46.7. The van der Waals surface area contributed by atoms with Crippen molar-refractivity contribution < 1.29 is 80.2 Å². The average Bonchev–Trinajstić information content (AvgIpc) is 1.29. The summed E-state index contributed by atoms with van der Waals surface area (Å²) < 4.78 is 68.6. The Morgan fingerprint density at radius 1 is 0.289 bits per heavy atom. The van der Waals surface area contributed by atoms with E-state index in [0.29, 0.717) is 31.6 Å². The maximum absolute atomic E-state index is 13.1. The molecule has 576 valence electrons. The van der Waals surface area contributed by atoms with Gasteiger partial charge in [-0.1, -0.05) is 344 Å². The number of aliphatic hydroxyl groups is 1.